The number of halogens is 3. The smallest absolute Gasteiger partial charge is 0.434 e. The van der Waals surface area contributed by atoms with Gasteiger partial charge in [-0.1, -0.05) is 0 Å². The van der Waals surface area contributed by atoms with Crippen LogP contribution in [0.4, 0.5) is 23.7 Å². The van der Waals surface area contributed by atoms with Crippen LogP contribution in [0, 0.1) is 0 Å². The number of rotatable bonds is 5. The summed E-state index contributed by atoms with van der Waals surface area (Å²) in [7, 11) is 2.03. The Hall–Kier alpha value is -3.08. The molecular formula is C20H24F3N5O3. The molecule has 8 nitrogen and oxygen atoms in total. The number of urea groups is 1. The van der Waals surface area contributed by atoms with E-state index in [2.05, 4.69) is 20.6 Å². The average Bonchev–Trinajstić information content (AvgIpc) is 3.16. The highest BCUT2D eigenvalue weighted by atomic mass is 19.4. The zero-order valence-corrected chi connectivity index (χ0v) is 17.2. The maximum absolute atomic E-state index is 13.6. The number of hydrogen-bond acceptors (Lipinski definition) is 5. The van der Waals surface area contributed by atoms with E-state index in [0.717, 1.165) is 32.1 Å². The molecule has 0 spiro atoms. The van der Waals surface area contributed by atoms with E-state index in [0.29, 0.717) is 10.4 Å². The van der Waals surface area contributed by atoms with Crippen LogP contribution in [-0.4, -0.2) is 59.5 Å². The van der Waals surface area contributed by atoms with Crippen molar-refractivity contribution in [2.45, 2.75) is 32.0 Å². The highest BCUT2D eigenvalue weighted by Gasteiger charge is 2.41. The van der Waals surface area contributed by atoms with Gasteiger partial charge in [-0.05, 0) is 64.2 Å². The zero-order chi connectivity index (χ0) is 22.6. The fraction of sp³-hybridized carbons (Fsp3) is 0.450. The lowest BCUT2D eigenvalue weighted by Crippen LogP contribution is -2.44. The van der Waals surface area contributed by atoms with Crippen molar-refractivity contribution >= 4 is 17.7 Å². The van der Waals surface area contributed by atoms with Crippen LogP contribution >= 0.6 is 0 Å². The van der Waals surface area contributed by atoms with Crippen LogP contribution in [-0.2, 0) is 10.9 Å². The summed E-state index contributed by atoms with van der Waals surface area (Å²) in [5, 5.41) is 9.29. The maximum Gasteiger partial charge on any atom is 0.434 e. The van der Waals surface area contributed by atoms with E-state index >= 15 is 0 Å². The van der Waals surface area contributed by atoms with Crippen LogP contribution in [0.2, 0.25) is 0 Å². The van der Waals surface area contributed by atoms with Crippen LogP contribution in [0.5, 0.6) is 0 Å². The Morgan fingerprint density at radius 1 is 1.19 bits per heavy atom. The summed E-state index contributed by atoms with van der Waals surface area (Å²) in [5.74, 6) is -1.09. The molecule has 1 aliphatic heterocycles. The minimum Gasteiger partial charge on any atom is -0.462 e. The van der Waals surface area contributed by atoms with Crippen LogP contribution in [0.3, 0.4) is 0 Å². The van der Waals surface area contributed by atoms with Crippen molar-refractivity contribution < 1.29 is 27.5 Å². The number of carbonyl (C=O) groups is 2. The first-order valence-electron chi connectivity index (χ1n) is 9.88. The highest BCUT2D eigenvalue weighted by Crippen LogP contribution is 2.34. The monoisotopic (exact) mass is 439 g/mol. The normalized spacial score (nSPS) is 15.5. The molecule has 2 N–H and O–H groups in total. The third kappa shape index (κ3) is 5.54. The summed E-state index contributed by atoms with van der Waals surface area (Å²) in [6, 6.07) is 5.40. The zero-order valence-electron chi connectivity index (χ0n) is 17.2. The highest BCUT2D eigenvalue weighted by molar-refractivity contribution is 5.91. The van der Waals surface area contributed by atoms with Gasteiger partial charge in [0.1, 0.15) is 5.56 Å². The molecule has 0 atom stereocenters. The molecule has 1 aromatic carbocycles. The number of nitrogens with zero attached hydrogens (tertiary/aromatic N) is 3. The number of anilines is 1. The number of likely N-dealkylation sites (tertiary alicyclic amines) is 1. The van der Waals surface area contributed by atoms with E-state index in [1.54, 1.807) is 0 Å². The minimum atomic E-state index is -4.82. The second kappa shape index (κ2) is 9.38. The molecule has 31 heavy (non-hydrogen) atoms. The molecule has 1 fully saturated rings. The molecule has 168 valence electrons. The Kier molecular flexibility index (Phi) is 6.84. The SMILES string of the molecule is CCOC(=O)c1cnn(-c2ccc(NC(=O)NC3CCN(C)CC3)cc2)c1C(F)(F)F. The summed E-state index contributed by atoms with van der Waals surface area (Å²) in [6.07, 6.45) is -2.28. The van der Waals surface area contributed by atoms with Crippen molar-refractivity contribution in [3.05, 3.63) is 41.7 Å². The Morgan fingerprint density at radius 2 is 1.84 bits per heavy atom. The van der Waals surface area contributed by atoms with Gasteiger partial charge in [-0.25, -0.2) is 14.3 Å². The molecule has 2 heterocycles. The second-order valence-electron chi connectivity index (χ2n) is 7.26. The molecule has 0 radical (unpaired) electrons. The summed E-state index contributed by atoms with van der Waals surface area (Å²) in [4.78, 5) is 26.3. The van der Waals surface area contributed by atoms with E-state index in [1.165, 1.54) is 31.2 Å². The Bertz CT molecular complexity index is 919. The number of amides is 2. The van der Waals surface area contributed by atoms with E-state index in [-0.39, 0.29) is 24.4 Å². The second-order valence-corrected chi connectivity index (χ2v) is 7.26. The Balaban J connectivity index is 1.72. The molecule has 3 rings (SSSR count). The molecule has 2 aromatic rings. The Morgan fingerprint density at radius 3 is 2.42 bits per heavy atom. The fourth-order valence-electron chi connectivity index (χ4n) is 3.37. The first-order valence-corrected chi connectivity index (χ1v) is 9.88. The van der Waals surface area contributed by atoms with Crippen LogP contribution in [0.25, 0.3) is 5.69 Å². The van der Waals surface area contributed by atoms with Crippen molar-refractivity contribution in [1.82, 2.24) is 20.0 Å². The first kappa shape index (κ1) is 22.6. The van der Waals surface area contributed by atoms with E-state index in [4.69, 9.17) is 4.74 Å². The molecular weight excluding hydrogens is 415 g/mol. The average molecular weight is 439 g/mol. The van der Waals surface area contributed by atoms with Crippen molar-refractivity contribution in [3.8, 4) is 5.69 Å². The summed E-state index contributed by atoms with van der Waals surface area (Å²) in [5.41, 5.74) is -1.37. The molecule has 0 saturated carbocycles. The number of piperidine rings is 1. The largest absolute Gasteiger partial charge is 0.462 e. The van der Waals surface area contributed by atoms with Gasteiger partial charge in [0, 0.05) is 11.7 Å². The van der Waals surface area contributed by atoms with E-state index in [9.17, 15) is 22.8 Å². The standard InChI is InChI=1S/C20H24F3N5O3/c1-3-31-18(29)16-12-24-28(17(16)20(21,22)23)15-6-4-13(5-7-15)25-19(30)26-14-8-10-27(2)11-9-14/h4-7,12,14H,3,8-11H2,1-2H3,(H2,25,26,30). The predicted molar refractivity (Wildman–Crippen MR) is 107 cm³/mol. The van der Waals surface area contributed by atoms with Crippen molar-refractivity contribution in [1.29, 1.82) is 0 Å². The number of nitrogens with one attached hydrogen (secondary N) is 2. The van der Waals surface area contributed by atoms with Gasteiger partial charge in [-0.2, -0.15) is 18.3 Å². The van der Waals surface area contributed by atoms with Gasteiger partial charge in [-0.3, -0.25) is 0 Å². The summed E-state index contributed by atoms with van der Waals surface area (Å²) >= 11 is 0. The van der Waals surface area contributed by atoms with Gasteiger partial charge < -0.3 is 20.3 Å². The van der Waals surface area contributed by atoms with Gasteiger partial charge in [0.25, 0.3) is 0 Å². The van der Waals surface area contributed by atoms with Gasteiger partial charge in [-0.15, -0.1) is 0 Å². The number of esters is 1. The van der Waals surface area contributed by atoms with Crippen molar-refractivity contribution in [2.75, 3.05) is 32.1 Å². The maximum atomic E-state index is 13.6. The van der Waals surface area contributed by atoms with Crippen molar-refractivity contribution in [3.63, 3.8) is 0 Å². The van der Waals surface area contributed by atoms with E-state index in [1.807, 2.05) is 7.05 Å². The minimum absolute atomic E-state index is 0.0543. The number of carbonyl (C=O) groups excluding carboxylic acids is 2. The third-order valence-electron chi connectivity index (χ3n) is 4.96. The fourth-order valence-corrected chi connectivity index (χ4v) is 3.37. The number of alkyl halides is 3. The Labute approximate surface area is 177 Å². The van der Waals surface area contributed by atoms with Crippen LogP contribution in [0.1, 0.15) is 35.8 Å². The van der Waals surface area contributed by atoms with Crippen molar-refractivity contribution in [2.24, 2.45) is 0 Å². The van der Waals surface area contributed by atoms with Gasteiger partial charge in [0.15, 0.2) is 5.69 Å². The molecule has 1 saturated heterocycles. The molecule has 1 aliphatic rings. The number of benzene rings is 1. The number of aromatic nitrogens is 2. The van der Waals surface area contributed by atoms with Gasteiger partial charge in [0.2, 0.25) is 0 Å². The lowest BCUT2D eigenvalue weighted by molar-refractivity contribution is -0.143. The van der Waals surface area contributed by atoms with Crippen LogP contribution in [0.15, 0.2) is 30.5 Å². The van der Waals surface area contributed by atoms with Gasteiger partial charge >= 0.3 is 18.2 Å². The molecule has 0 aliphatic carbocycles. The summed E-state index contributed by atoms with van der Waals surface area (Å²) in [6.45, 7) is 3.25. The predicted octanol–water partition coefficient (Wildman–Crippen LogP) is 3.28. The topological polar surface area (TPSA) is 88.5 Å². The first-order chi connectivity index (χ1) is 14.7. The molecule has 0 bridgehead atoms. The number of ether oxygens (including phenoxy) is 1. The molecule has 0 unspecified atom stereocenters. The van der Waals surface area contributed by atoms with Crippen LogP contribution < -0.4 is 10.6 Å². The molecule has 11 heteroatoms. The van der Waals surface area contributed by atoms with Gasteiger partial charge in [0.05, 0.1) is 18.5 Å². The quantitative estimate of drug-likeness (QED) is 0.698. The lowest BCUT2D eigenvalue weighted by Gasteiger charge is -2.29. The van der Waals surface area contributed by atoms with E-state index < -0.39 is 23.4 Å². The summed E-state index contributed by atoms with van der Waals surface area (Å²) < 4.78 is 46.1. The number of hydrogen-bond donors (Lipinski definition) is 2. The molecule has 1 aromatic heterocycles. The molecule has 2 amide bonds. The lowest BCUT2D eigenvalue weighted by atomic mass is 10.1. The third-order valence-corrected chi connectivity index (χ3v) is 4.96.